The average Bonchev–Trinajstić information content (AvgIpc) is 2.28. The Morgan fingerprint density at radius 1 is 1.53 bits per heavy atom. The second-order valence-electron chi connectivity index (χ2n) is 4.17. The van der Waals surface area contributed by atoms with Crippen LogP contribution >= 0.6 is 12.4 Å². The third-order valence-corrected chi connectivity index (χ3v) is 2.86. The minimum atomic E-state index is -0.946. The highest BCUT2D eigenvalue weighted by Gasteiger charge is 2.24. The van der Waals surface area contributed by atoms with Gasteiger partial charge in [-0.05, 0) is 30.4 Å². The summed E-state index contributed by atoms with van der Waals surface area (Å²) in [5, 5.41) is 8.74. The second-order valence-corrected chi connectivity index (χ2v) is 4.17. The number of carbonyl (C=O) groups is 1. The zero-order valence-corrected chi connectivity index (χ0v) is 10.2. The molecule has 4 nitrogen and oxygen atoms in total. The first-order chi connectivity index (χ1) is 7.66. The number of carboxylic acid groups (broad SMARTS) is 1. The highest BCUT2D eigenvalue weighted by molar-refractivity contribution is 5.85. The van der Waals surface area contributed by atoms with E-state index < -0.39 is 12.0 Å². The van der Waals surface area contributed by atoms with Crippen LogP contribution in [0.4, 0.5) is 0 Å². The molecular formula is C12H16ClNO3. The lowest BCUT2D eigenvalue weighted by Crippen LogP contribution is -2.35. The van der Waals surface area contributed by atoms with E-state index in [-0.39, 0.29) is 18.3 Å². The lowest BCUT2D eigenvalue weighted by molar-refractivity contribution is -0.139. The van der Waals surface area contributed by atoms with Crippen molar-refractivity contribution in [3.8, 4) is 5.75 Å². The fourth-order valence-corrected chi connectivity index (χ4v) is 2.00. The summed E-state index contributed by atoms with van der Waals surface area (Å²) >= 11 is 0. The molecule has 3 N–H and O–H groups in total. The highest BCUT2D eigenvalue weighted by atomic mass is 35.5. The molecule has 0 aromatic heterocycles. The standard InChI is InChI=1S/C12H15NO3.ClH/c13-10(12(14)15)6-8-5-9-3-1-2-4-11(9)16-7-8;/h1-4,8,10H,5-7,13H2,(H,14,15);1H. The molecule has 0 radical (unpaired) electrons. The molecule has 0 saturated carbocycles. The zero-order valence-electron chi connectivity index (χ0n) is 9.33. The van der Waals surface area contributed by atoms with Crippen LogP contribution in [-0.2, 0) is 11.2 Å². The van der Waals surface area contributed by atoms with Crippen LogP contribution in [0.15, 0.2) is 24.3 Å². The Kier molecular flexibility index (Phi) is 4.78. The van der Waals surface area contributed by atoms with Crippen LogP contribution in [0.5, 0.6) is 5.75 Å². The average molecular weight is 258 g/mol. The van der Waals surface area contributed by atoms with Gasteiger partial charge in [0, 0.05) is 0 Å². The molecular weight excluding hydrogens is 242 g/mol. The number of benzene rings is 1. The number of rotatable bonds is 3. The van der Waals surface area contributed by atoms with Crippen molar-refractivity contribution in [3.05, 3.63) is 29.8 Å². The molecule has 94 valence electrons. The summed E-state index contributed by atoms with van der Waals surface area (Å²) in [6.45, 7) is 0.554. The van der Waals surface area contributed by atoms with Crippen molar-refractivity contribution in [1.29, 1.82) is 0 Å². The lowest BCUT2D eigenvalue weighted by Gasteiger charge is -2.26. The molecule has 0 aliphatic carbocycles. The summed E-state index contributed by atoms with van der Waals surface area (Å²) in [5.41, 5.74) is 6.65. The topological polar surface area (TPSA) is 72.5 Å². The number of para-hydroxylation sites is 1. The number of ether oxygens (including phenoxy) is 1. The van der Waals surface area contributed by atoms with Crippen molar-refractivity contribution in [2.75, 3.05) is 6.61 Å². The fourth-order valence-electron chi connectivity index (χ4n) is 2.00. The lowest BCUT2D eigenvalue weighted by atomic mass is 9.91. The molecule has 0 saturated heterocycles. The maximum absolute atomic E-state index is 10.7. The number of hydrogen-bond donors (Lipinski definition) is 2. The van der Waals surface area contributed by atoms with Crippen LogP contribution in [0, 0.1) is 5.92 Å². The maximum Gasteiger partial charge on any atom is 0.320 e. The predicted molar refractivity (Wildman–Crippen MR) is 66.6 cm³/mol. The highest BCUT2D eigenvalue weighted by Crippen LogP contribution is 2.28. The van der Waals surface area contributed by atoms with Crippen molar-refractivity contribution in [1.82, 2.24) is 0 Å². The van der Waals surface area contributed by atoms with Crippen molar-refractivity contribution in [2.45, 2.75) is 18.9 Å². The molecule has 0 amide bonds. The molecule has 2 unspecified atom stereocenters. The van der Waals surface area contributed by atoms with Crippen molar-refractivity contribution < 1.29 is 14.6 Å². The van der Waals surface area contributed by atoms with Crippen LogP contribution in [0.1, 0.15) is 12.0 Å². The van der Waals surface area contributed by atoms with Gasteiger partial charge in [-0.3, -0.25) is 4.79 Å². The van der Waals surface area contributed by atoms with Crippen molar-refractivity contribution in [3.63, 3.8) is 0 Å². The zero-order chi connectivity index (χ0) is 11.5. The van der Waals surface area contributed by atoms with Crippen LogP contribution in [-0.4, -0.2) is 23.7 Å². The number of hydrogen-bond acceptors (Lipinski definition) is 3. The van der Waals surface area contributed by atoms with E-state index >= 15 is 0 Å². The molecule has 1 aliphatic rings. The van der Waals surface area contributed by atoms with Gasteiger partial charge in [0.1, 0.15) is 11.8 Å². The fraction of sp³-hybridized carbons (Fsp3) is 0.417. The number of carboxylic acids is 1. The quantitative estimate of drug-likeness (QED) is 0.860. The first-order valence-corrected chi connectivity index (χ1v) is 5.36. The third-order valence-electron chi connectivity index (χ3n) is 2.86. The van der Waals surface area contributed by atoms with Gasteiger partial charge in [-0.2, -0.15) is 0 Å². The normalized spacial score (nSPS) is 19.5. The largest absolute Gasteiger partial charge is 0.493 e. The Morgan fingerprint density at radius 3 is 2.94 bits per heavy atom. The van der Waals surface area contributed by atoms with Gasteiger partial charge >= 0.3 is 5.97 Å². The first kappa shape index (κ1) is 13.8. The summed E-state index contributed by atoms with van der Waals surface area (Å²) in [6.07, 6.45) is 1.31. The van der Waals surface area contributed by atoms with Gasteiger partial charge in [0.2, 0.25) is 0 Å². The van der Waals surface area contributed by atoms with E-state index in [1.165, 1.54) is 0 Å². The molecule has 0 fully saturated rings. The van der Waals surface area contributed by atoms with Gasteiger partial charge < -0.3 is 15.6 Å². The van der Waals surface area contributed by atoms with E-state index in [1.54, 1.807) is 0 Å². The number of fused-ring (bicyclic) bond motifs is 1. The number of halogens is 1. The summed E-state index contributed by atoms with van der Waals surface area (Å²) in [7, 11) is 0. The summed E-state index contributed by atoms with van der Waals surface area (Å²) < 4.78 is 5.57. The van der Waals surface area contributed by atoms with Crippen LogP contribution in [0.2, 0.25) is 0 Å². The van der Waals surface area contributed by atoms with Gasteiger partial charge in [-0.25, -0.2) is 0 Å². The molecule has 2 rings (SSSR count). The molecule has 1 aliphatic heterocycles. The Labute approximate surface area is 106 Å². The molecule has 1 aromatic rings. The molecule has 2 atom stereocenters. The monoisotopic (exact) mass is 257 g/mol. The third kappa shape index (κ3) is 3.35. The van der Waals surface area contributed by atoms with Crippen molar-refractivity contribution >= 4 is 18.4 Å². The number of nitrogens with two attached hydrogens (primary N) is 1. The van der Waals surface area contributed by atoms with Gasteiger partial charge in [0.05, 0.1) is 6.61 Å². The SMILES string of the molecule is Cl.NC(CC1COc2ccccc2C1)C(=O)O. The Balaban J connectivity index is 0.00000144. The molecule has 0 bridgehead atoms. The summed E-state index contributed by atoms with van der Waals surface area (Å²) in [4.78, 5) is 10.7. The predicted octanol–water partition coefficient (Wildman–Crippen LogP) is 1.46. The van der Waals surface area contributed by atoms with E-state index in [1.807, 2.05) is 24.3 Å². The second kappa shape index (κ2) is 5.89. The van der Waals surface area contributed by atoms with Crippen LogP contribution < -0.4 is 10.5 Å². The Bertz CT molecular complexity index is 397. The number of aliphatic carboxylic acids is 1. The molecule has 17 heavy (non-hydrogen) atoms. The maximum atomic E-state index is 10.7. The van der Waals surface area contributed by atoms with E-state index in [2.05, 4.69) is 0 Å². The summed E-state index contributed by atoms with van der Waals surface area (Å²) in [6, 6.07) is 7.04. The minimum absolute atomic E-state index is 0. The first-order valence-electron chi connectivity index (χ1n) is 5.36. The molecule has 0 spiro atoms. The van der Waals surface area contributed by atoms with Gasteiger partial charge in [0.15, 0.2) is 0 Å². The van der Waals surface area contributed by atoms with Crippen LogP contribution in [0.3, 0.4) is 0 Å². The Hall–Kier alpha value is -1.26. The molecule has 5 heteroatoms. The molecule has 1 aromatic carbocycles. The van der Waals surface area contributed by atoms with Gasteiger partial charge in [-0.1, -0.05) is 18.2 Å². The molecule has 1 heterocycles. The van der Waals surface area contributed by atoms with E-state index in [0.717, 1.165) is 17.7 Å². The van der Waals surface area contributed by atoms with E-state index in [0.29, 0.717) is 13.0 Å². The Morgan fingerprint density at radius 2 is 2.24 bits per heavy atom. The minimum Gasteiger partial charge on any atom is -0.493 e. The summed E-state index contributed by atoms with van der Waals surface area (Å²) in [5.74, 6) is 0.155. The van der Waals surface area contributed by atoms with Crippen molar-refractivity contribution in [2.24, 2.45) is 11.7 Å². The van der Waals surface area contributed by atoms with E-state index in [4.69, 9.17) is 15.6 Å². The van der Waals surface area contributed by atoms with Gasteiger partial charge in [0.25, 0.3) is 0 Å². The van der Waals surface area contributed by atoms with Gasteiger partial charge in [-0.15, -0.1) is 12.4 Å². The van der Waals surface area contributed by atoms with Crippen LogP contribution in [0.25, 0.3) is 0 Å². The van der Waals surface area contributed by atoms with E-state index in [9.17, 15) is 4.79 Å². The smallest absolute Gasteiger partial charge is 0.320 e.